The van der Waals surface area contributed by atoms with Crippen LogP contribution in [0, 0.1) is 0 Å². The molecule has 2 aliphatic heterocycles. The van der Waals surface area contributed by atoms with Crippen molar-refractivity contribution in [1.29, 1.82) is 0 Å². The number of hydroxylamine groups is 1. The minimum atomic E-state index is -0.491. The molecule has 1 unspecified atom stereocenters. The van der Waals surface area contributed by atoms with E-state index in [0.717, 1.165) is 36.8 Å². The quantitative estimate of drug-likeness (QED) is 0.647. The first kappa shape index (κ1) is 15.1. The molecule has 1 aromatic rings. The van der Waals surface area contributed by atoms with Crippen LogP contribution in [0.5, 0.6) is 0 Å². The molecule has 6 nitrogen and oxygen atoms in total. The first-order chi connectivity index (χ1) is 11.2. The summed E-state index contributed by atoms with van der Waals surface area (Å²) < 4.78 is 0. The number of aromatic nitrogens is 1. The lowest BCUT2D eigenvalue weighted by Gasteiger charge is -2.41. The van der Waals surface area contributed by atoms with E-state index in [0.29, 0.717) is 11.6 Å². The van der Waals surface area contributed by atoms with Crippen molar-refractivity contribution in [3.8, 4) is 0 Å². The van der Waals surface area contributed by atoms with Crippen molar-refractivity contribution >= 4 is 5.91 Å². The van der Waals surface area contributed by atoms with Gasteiger partial charge in [0.2, 0.25) is 0 Å². The van der Waals surface area contributed by atoms with Gasteiger partial charge in [-0.25, -0.2) is 5.48 Å². The lowest BCUT2D eigenvalue weighted by atomic mass is 9.98. The predicted molar refractivity (Wildman–Crippen MR) is 85.2 cm³/mol. The van der Waals surface area contributed by atoms with Gasteiger partial charge in [0.25, 0.3) is 5.91 Å². The van der Waals surface area contributed by atoms with Crippen molar-refractivity contribution in [2.24, 2.45) is 0 Å². The van der Waals surface area contributed by atoms with E-state index in [1.807, 2.05) is 6.07 Å². The third-order valence-corrected chi connectivity index (χ3v) is 5.45. The Morgan fingerprint density at radius 2 is 2.09 bits per heavy atom. The smallest absolute Gasteiger partial charge is 0.276 e. The van der Waals surface area contributed by atoms with Gasteiger partial charge in [0, 0.05) is 37.9 Å². The first-order valence-corrected chi connectivity index (χ1v) is 8.65. The Kier molecular flexibility index (Phi) is 4.05. The molecule has 6 heteroatoms. The van der Waals surface area contributed by atoms with E-state index >= 15 is 0 Å². The second-order valence-corrected chi connectivity index (χ2v) is 7.01. The fourth-order valence-electron chi connectivity index (χ4n) is 3.99. The molecule has 2 fully saturated rings. The maximum Gasteiger partial charge on any atom is 0.276 e. The molecule has 1 aromatic heterocycles. The molecule has 4 rings (SSSR count). The number of fused-ring (bicyclic) bond motifs is 1. The second kappa shape index (κ2) is 6.19. The van der Waals surface area contributed by atoms with Gasteiger partial charge in [-0.05, 0) is 50.3 Å². The fourth-order valence-corrected chi connectivity index (χ4v) is 3.99. The van der Waals surface area contributed by atoms with Gasteiger partial charge in [-0.2, -0.15) is 0 Å². The van der Waals surface area contributed by atoms with E-state index in [-0.39, 0.29) is 0 Å². The minimum absolute atomic E-state index is 0.428. The summed E-state index contributed by atoms with van der Waals surface area (Å²) in [7, 11) is 0. The van der Waals surface area contributed by atoms with Crippen molar-refractivity contribution in [3.05, 3.63) is 29.1 Å². The Morgan fingerprint density at radius 1 is 1.22 bits per heavy atom. The molecule has 0 bridgehead atoms. The summed E-state index contributed by atoms with van der Waals surface area (Å²) in [5.74, 6) is -0.491. The van der Waals surface area contributed by atoms with Crippen LogP contribution >= 0.6 is 0 Å². The molecule has 3 heterocycles. The van der Waals surface area contributed by atoms with Crippen LogP contribution in [0.3, 0.4) is 0 Å². The summed E-state index contributed by atoms with van der Waals surface area (Å²) >= 11 is 0. The summed E-state index contributed by atoms with van der Waals surface area (Å²) in [6.07, 6.45) is 7.83. The van der Waals surface area contributed by atoms with Crippen molar-refractivity contribution in [1.82, 2.24) is 20.3 Å². The molecule has 124 valence electrons. The van der Waals surface area contributed by atoms with Crippen molar-refractivity contribution < 1.29 is 10.0 Å². The molecule has 0 aromatic carbocycles. The van der Waals surface area contributed by atoms with Crippen LogP contribution in [-0.4, -0.2) is 57.6 Å². The van der Waals surface area contributed by atoms with Crippen LogP contribution in [0.4, 0.5) is 0 Å². The van der Waals surface area contributed by atoms with Gasteiger partial charge in [0.1, 0.15) is 0 Å². The van der Waals surface area contributed by atoms with Crippen molar-refractivity contribution in [2.45, 2.75) is 50.7 Å². The number of carbonyl (C=O) groups excluding carboxylic acids is 1. The zero-order valence-electron chi connectivity index (χ0n) is 13.4. The number of likely N-dealkylation sites (tertiary alicyclic amines) is 1. The Labute approximate surface area is 136 Å². The zero-order valence-corrected chi connectivity index (χ0v) is 13.4. The highest BCUT2D eigenvalue weighted by Crippen LogP contribution is 2.31. The number of nitrogens with one attached hydrogen (secondary N) is 1. The predicted octanol–water partition coefficient (Wildman–Crippen LogP) is 1.19. The number of hydrogen-bond acceptors (Lipinski definition) is 5. The van der Waals surface area contributed by atoms with Crippen LogP contribution in [-0.2, 0) is 13.0 Å². The molecule has 1 atom stereocenters. The molecule has 1 aliphatic carbocycles. The largest absolute Gasteiger partial charge is 0.299 e. The Bertz CT molecular complexity index is 602. The summed E-state index contributed by atoms with van der Waals surface area (Å²) in [5, 5.41) is 8.74. The molecule has 1 saturated heterocycles. The van der Waals surface area contributed by atoms with E-state index in [4.69, 9.17) is 5.21 Å². The number of piperidine rings is 1. The van der Waals surface area contributed by atoms with E-state index < -0.39 is 5.91 Å². The highest BCUT2D eigenvalue weighted by molar-refractivity contribution is 5.93. The molecule has 3 aliphatic rings. The molecule has 2 N–H and O–H groups in total. The average Bonchev–Trinajstić information content (AvgIpc) is 3.45. The highest BCUT2D eigenvalue weighted by Gasteiger charge is 2.35. The van der Waals surface area contributed by atoms with Crippen LogP contribution in [0.25, 0.3) is 0 Å². The van der Waals surface area contributed by atoms with Gasteiger partial charge in [0.05, 0.1) is 11.3 Å². The second-order valence-electron chi connectivity index (χ2n) is 7.01. The van der Waals surface area contributed by atoms with Gasteiger partial charge in [0.15, 0.2) is 0 Å². The molecular formula is C17H24N4O2. The van der Waals surface area contributed by atoms with Gasteiger partial charge in [-0.3, -0.25) is 24.8 Å². The number of nitrogens with zero attached hydrogens (tertiary/aromatic N) is 3. The molecule has 1 saturated carbocycles. The van der Waals surface area contributed by atoms with Crippen LogP contribution in [0.1, 0.15) is 47.3 Å². The lowest BCUT2D eigenvalue weighted by Crippen LogP contribution is -2.50. The normalized spacial score (nSPS) is 25.9. The maximum atomic E-state index is 11.5. The topological polar surface area (TPSA) is 68.7 Å². The third kappa shape index (κ3) is 3.11. The number of amides is 1. The standard InChI is InChI=1S/C17H24N4O2/c22-17(19-23)13-8-12-5-7-21(11-16(12)18-9-13)15-2-1-6-20(10-15)14-3-4-14/h8-9,14-15,23H,1-7,10-11H2,(H,19,22). The zero-order chi connectivity index (χ0) is 15.8. The molecular weight excluding hydrogens is 292 g/mol. The highest BCUT2D eigenvalue weighted by atomic mass is 16.5. The Morgan fingerprint density at radius 3 is 2.87 bits per heavy atom. The Hall–Kier alpha value is -1.50. The number of pyridine rings is 1. The van der Waals surface area contributed by atoms with Crippen molar-refractivity contribution in [3.63, 3.8) is 0 Å². The number of carbonyl (C=O) groups is 1. The summed E-state index contributed by atoms with van der Waals surface area (Å²) in [5.41, 5.74) is 4.32. The van der Waals surface area contributed by atoms with Gasteiger partial charge in [-0.15, -0.1) is 0 Å². The minimum Gasteiger partial charge on any atom is -0.299 e. The summed E-state index contributed by atoms with van der Waals surface area (Å²) in [6, 6.07) is 3.36. The molecule has 0 spiro atoms. The van der Waals surface area contributed by atoms with Gasteiger partial charge in [-0.1, -0.05) is 0 Å². The van der Waals surface area contributed by atoms with Gasteiger partial charge >= 0.3 is 0 Å². The average molecular weight is 316 g/mol. The van der Waals surface area contributed by atoms with E-state index in [1.165, 1.54) is 38.8 Å². The lowest BCUT2D eigenvalue weighted by molar-refractivity contribution is 0.0704. The molecule has 23 heavy (non-hydrogen) atoms. The van der Waals surface area contributed by atoms with E-state index in [2.05, 4.69) is 14.8 Å². The van der Waals surface area contributed by atoms with Gasteiger partial charge < -0.3 is 0 Å². The summed E-state index contributed by atoms with van der Waals surface area (Å²) in [6.45, 7) is 4.37. The molecule has 0 radical (unpaired) electrons. The molecule has 1 amide bonds. The SMILES string of the molecule is O=C(NO)c1cnc2c(c1)CCN(C1CCCN(C3CC3)C1)C2. The van der Waals surface area contributed by atoms with E-state index in [1.54, 1.807) is 11.7 Å². The number of rotatable bonds is 3. The maximum absolute atomic E-state index is 11.5. The monoisotopic (exact) mass is 316 g/mol. The Balaban J connectivity index is 1.45. The summed E-state index contributed by atoms with van der Waals surface area (Å²) in [4.78, 5) is 21.2. The number of hydrogen-bond donors (Lipinski definition) is 2. The fraction of sp³-hybridized carbons (Fsp3) is 0.647. The van der Waals surface area contributed by atoms with Crippen molar-refractivity contribution in [2.75, 3.05) is 19.6 Å². The van der Waals surface area contributed by atoms with Crippen LogP contribution < -0.4 is 5.48 Å². The third-order valence-electron chi connectivity index (χ3n) is 5.45. The first-order valence-electron chi connectivity index (χ1n) is 8.65. The van der Waals surface area contributed by atoms with Crippen LogP contribution in [0.15, 0.2) is 12.3 Å². The van der Waals surface area contributed by atoms with E-state index in [9.17, 15) is 4.79 Å². The van der Waals surface area contributed by atoms with Crippen LogP contribution in [0.2, 0.25) is 0 Å².